The van der Waals surface area contributed by atoms with Gasteiger partial charge in [-0.25, -0.2) is 0 Å². The fraction of sp³-hybridized carbons (Fsp3) is 0.222. The van der Waals surface area contributed by atoms with Gasteiger partial charge in [0.1, 0.15) is 5.58 Å². The number of para-hydroxylation sites is 3. The van der Waals surface area contributed by atoms with Gasteiger partial charge in [-0.3, -0.25) is 19.0 Å². The van der Waals surface area contributed by atoms with Crippen LogP contribution in [0.25, 0.3) is 111 Å². The number of hydrogen-bond donors (Lipinski definition) is 0. The van der Waals surface area contributed by atoms with E-state index in [2.05, 4.69) is 174 Å². The smallest absolute Gasteiger partial charge is 0.197 e. The molecule has 0 aliphatic carbocycles. The van der Waals surface area contributed by atoms with Crippen LogP contribution in [0.2, 0.25) is 0 Å². The Morgan fingerprint density at radius 1 is 0.593 bits per heavy atom. The zero-order valence-corrected chi connectivity index (χ0v) is 50.2. The van der Waals surface area contributed by atoms with Crippen LogP contribution in [0.4, 0.5) is 4.39 Å². The van der Waals surface area contributed by atoms with Gasteiger partial charge in [0.05, 0.1) is 39.0 Å². The van der Waals surface area contributed by atoms with E-state index < -0.39 is 0 Å². The van der Waals surface area contributed by atoms with Gasteiger partial charge in [0, 0.05) is 64.7 Å². The molecule has 1 radical (unpaired) electrons. The monoisotopic (exact) mass is 1240 g/mol. The van der Waals surface area contributed by atoms with Gasteiger partial charge in [0.25, 0.3) is 0 Å². The molecule has 0 amide bonds. The second-order valence-corrected chi connectivity index (χ2v) is 24.2. The van der Waals surface area contributed by atoms with Crippen molar-refractivity contribution in [1.29, 1.82) is 0 Å². The largest absolute Gasteiger partial charge is 0.501 e. The summed E-state index contributed by atoms with van der Waals surface area (Å²) >= 11 is 0. The van der Waals surface area contributed by atoms with Gasteiger partial charge in [-0.2, -0.15) is 0 Å². The molecule has 0 N–H and O–H groups in total. The molecule has 9 heteroatoms. The minimum absolute atomic E-state index is 0. The Morgan fingerprint density at radius 3 is 1.79 bits per heavy atom. The minimum atomic E-state index is -0.275. The summed E-state index contributed by atoms with van der Waals surface area (Å²) < 4.78 is 24.1. The van der Waals surface area contributed by atoms with Gasteiger partial charge < -0.3 is 18.4 Å². The van der Waals surface area contributed by atoms with Crippen molar-refractivity contribution in [3.8, 4) is 39.5 Å². The second kappa shape index (κ2) is 20.5. The summed E-state index contributed by atoms with van der Waals surface area (Å²) in [6.45, 7) is 26.1. The molecule has 81 heavy (non-hydrogen) atoms. The van der Waals surface area contributed by atoms with Crippen molar-refractivity contribution in [3.63, 3.8) is 0 Å². The molecule has 0 aliphatic rings. The third kappa shape index (κ3) is 9.44. The minimum Gasteiger partial charge on any atom is -0.501 e. The van der Waals surface area contributed by atoms with E-state index in [0.717, 1.165) is 89.0 Å². The van der Waals surface area contributed by atoms with E-state index in [1.54, 1.807) is 6.07 Å². The number of nitrogens with zero attached hydrogens (tertiary/aromatic N) is 4. The van der Waals surface area contributed by atoms with Crippen molar-refractivity contribution < 1.29 is 28.9 Å². The maximum absolute atomic E-state index is 14.8. The SMILES string of the molecule is CC(C)c1cccc(C(C)C)c1-n1c(-c2[c-]ccc3c2oc2cc(-c4cc5c(=O)c6ccc(C(C)(C)C)cc6n6c7cc(C(C)(C)C)ccc7c(=O)c(c4)c56)ccc23)nc2ccccc21.Cc1cnc(-c2[c-]cc(F)cc2)cc1C.[Ir]. The number of halogens is 1. The average molecular weight is 1240 g/mol. The molecule has 13 aromatic rings. The fourth-order valence-electron chi connectivity index (χ4n) is 11.4. The summed E-state index contributed by atoms with van der Waals surface area (Å²) in [6, 6.07) is 54.2. The number of imidazole rings is 1. The Bertz CT molecular complexity index is 4620. The van der Waals surface area contributed by atoms with E-state index in [9.17, 15) is 14.0 Å². The molecular formula is C72H63FIrN4O3-2. The molecule has 0 saturated carbocycles. The predicted octanol–water partition coefficient (Wildman–Crippen LogP) is 18.1. The summed E-state index contributed by atoms with van der Waals surface area (Å²) in [5.41, 5.74) is 17.4. The zero-order valence-electron chi connectivity index (χ0n) is 47.8. The van der Waals surface area contributed by atoms with Gasteiger partial charge in [-0.1, -0.05) is 146 Å². The second-order valence-electron chi connectivity index (χ2n) is 24.2. The maximum atomic E-state index is 14.8. The predicted molar refractivity (Wildman–Crippen MR) is 329 cm³/mol. The molecule has 8 aromatic carbocycles. The van der Waals surface area contributed by atoms with Crippen LogP contribution in [0.5, 0.6) is 0 Å². The Balaban J connectivity index is 0.000000374. The maximum Gasteiger partial charge on any atom is 0.197 e. The summed E-state index contributed by atoms with van der Waals surface area (Å²) in [6.07, 6.45) is 1.82. The number of benzene rings is 8. The van der Waals surface area contributed by atoms with E-state index in [-0.39, 0.29) is 59.4 Å². The molecule has 0 spiro atoms. The number of hydrogen-bond acceptors (Lipinski definition) is 5. The van der Waals surface area contributed by atoms with Crippen LogP contribution in [-0.4, -0.2) is 18.9 Å². The van der Waals surface area contributed by atoms with Gasteiger partial charge in [0.2, 0.25) is 0 Å². The van der Waals surface area contributed by atoms with E-state index in [1.165, 1.54) is 28.8 Å². The molecule has 7 nitrogen and oxygen atoms in total. The van der Waals surface area contributed by atoms with Gasteiger partial charge in [-0.15, -0.1) is 48.0 Å². The van der Waals surface area contributed by atoms with E-state index in [4.69, 9.17) is 9.40 Å². The van der Waals surface area contributed by atoms with Crippen LogP contribution < -0.4 is 10.9 Å². The van der Waals surface area contributed by atoms with Crippen LogP contribution in [0, 0.1) is 31.8 Å². The molecule has 0 bridgehead atoms. The molecule has 0 aliphatic heterocycles. The molecule has 407 valence electrons. The van der Waals surface area contributed by atoms with Crippen LogP contribution in [0.1, 0.15) is 114 Å². The first kappa shape index (κ1) is 54.8. The number of aryl methyl sites for hydroxylation is 2. The van der Waals surface area contributed by atoms with Crippen LogP contribution in [0.3, 0.4) is 0 Å². The molecule has 0 fully saturated rings. The van der Waals surface area contributed by atoms with Crippen molar-refractivity contribution >= 4 is 71.1 Å². The summed E-state index contributed by atoms with van der Waals surface area (Å²) in [4.78, 5) is 39.1. The molecule has 13 rings (SSSR count). The normalized spacial score (nSPS) is 12.2. The fourth-order valence-corrected chi connectivity index (χ4v) is 11.4. The molecule has 0 atom stereocenters. The van der Waals surface area contributed by atoms with Crippen LogP contribution in [0.15, 0.2) is 166 Å². The van der Waals surface area contributed by atoms with Gasteiger partial charge in [0.15, 0.2) is 10.9 Å². The molecule has 5 heterocycles. The first-order valence-electron chi connectivity index (χ1n) is 27.6. The van der Waals surface area contributed by atoms with E-state index >= 15 is 0 Å². The third-order valence-electron chi connectivity index (χ3n) is 16.1. The molecule has 0 unspecified atom stereocenters. The first-order chi connectivity index (χ1) is 38.2. The standard InChI is InChI=1S/C59H52N3O3.C13H11FN.Ir/c1-32(2)38-15-13-16-39(33(3)4)52(38)62-48-20-12-11-19-47(48)60-57(62)44-18-14-17-41-40-24-21-34(29-51(40)65-56(41)44)35-27-45-53-46(28-35)55(64)43-26-23-37(59(8,9)10)31-50(43)61(53)49-30-36(58(5,6)7)22-25-42(49)54(45)63;1-9-7-13(15-8-10(9)2)11-3-5-12(14)6-4-11;/h11-17,19-33H,1-10H3;3,5-8H,1-2H3;/q2*-1;. The van der Waals surface area contributed by atoms with E-state index in [1.807, 2.05) is 68.6 Å². The van der Waals surface area contributed by atoms with Crippen LogP contribution in [-0.2, 0) is 30.9 Å². The molecular weight excluding hydrogens is 1180 g/mol. The van der Waals surface area contributed by atoms with Crippen molar-refractivity contribution in [2.24, 2.45) is 0 Å². The number of fused-ring (bicyclic) bond motifs is 8. The van der Waals surface area contributed by atoms with Crippen LogP contribution >= 0.6 is 0 Å². The van der Waals surface area contributed by atoms with Crippen molar-refractivity contribution in [2.75, 3.05) is 0 Å². The average Bonchev–Trinajstić information content (AvgIpc) is 4.11. The van der Waals surface area contributed by atoms with Crippen molar-refractivity contribution in [1.82, 2.24) is 18.9 Å². The Labute approximate surface area is 484 Å². The van der Waals surface area contributed by atoms with Gasteiger partial charge in [-0.05, 0) is 136 Å². The Kier molecular flexibility index (Phi) is 13.9. The third-order valence-corrected chi connectivity index (χ3v) is 16.1. The number of pyridine rings is 3. The summed E-state index contributed by atoms with van der Waals surface area (Å²) in [7, 11) is 0. The first-order valence-corrected chi connectivity index (χ1v) is 27.6. The summed E-state index contributed by atoms with van der Waals surface area (Å²) in [5, 5.41) is 4.17. The van der Waals surface area contributed by atoms with Crippen molar-refractivity contribution in [2.45, 2.75) is 106 Å². The summed E-state index contributed by atoms with van der Waals surface area (Å²) in [5.74, 6) is 1.05. The van der Waals surface area contributed by atoms with Crippen molar-refractivity contribution in [3.05, 3.63) is 224 Å². The Hall–Kier alpha value is -8.10. The molecule has 0 saturated heterocycles. The molecule has 5 aromatic heterocycles. The quantitative estimate of drug-likeness (QED) is 0.0941. The Morgan fingerprint density at radius 2 is 1.21 bits per heavy atom. The number of rotatable bonds is 6. The van der Waals surface area contributed by atoms with Gasteiger partial charge >= 0.3 is 0 Å². The zero-order chi connectivity index (χ0) is 56.3. The van der Waals surface area contributed by atoms with E-state index in [0.29, 0.717) is 38.2 Å². The topological polar surface area (TPSA) is 82.4 Å². The number of aromatic nitrogens is 4. The number of furan rings is 1.